The summed E-state index contributed by atoms with van der Waals surface area (Å²) < 4.78 is -1.51. The van der Waals surface area contributed by atoms with Crippen LogP contribution in [0.2, 0.25) is 0 Å². The molecule has 0 aliphatic carbocycles. The van der Waals surface area contributed by atoms with E-state index in [0.29, 0.717) is 5.56 Å². The minimum atomic E-state index is -1.51. The third-order valence-corrected chi connectivity index (χ3v) is 5.78. The molecule has 0 saturated carbocycles. The van der Waals surface area contributed by atoms with Gasteiger partial charge in [0.15, 0.2) is 9.33 Å². The van der Waals surface area contributed by atoms with Gasteiger partial charge in [0.1, 0.15) is 0 Å². The molecule has 0 bridgehead atoms. The van der Waals surface area contributed by atoms with E-state index in [2.05, 4.69) is 0 Å². The molecule has 3 rings (SSSR count). The van der Waals surface area contributed by atoms with E-state index in [1.54, 1.807) is 34.7 Å². The summed E-state index contributed by atoms with van der Waals surface area (Å²) in [5.74, 6) is -1.87. The normalized spacial score (nSPS) is 19.9. The predicted molar refractivity (Wildman–Crippen MR) is 102 cm³/mol. The lowest BCUT2D eigenvalue weighted by atomic mass is 9.99. The van der Waals surface area contributed by atoms with Crippen molar-refractivity contribution in [2.45, 2.75) is 16.9 Å². The molecule has 1 heterocycles. The van der Waals surface area contributed by atoms with Gasteiger partial charge in [-0.1, -0.05) is 36.4 Å². The van der Waals surface area contributed by atoms with Gasteiger partial charge in [0.2, 0.25) is 0 Å². The number of aryl methyl sites for hydroxylation is 1. The van der Waals surface area contributed by atoms with E-state index in [9.17, 15) is 19.5 Å². The van der Waals surface area contributed by atoms with Gasteiger partial charge in [0, 0.05) is 5.56 Å². The number of nitrogens with zero attached hydrogens (tertiary/aromatic N) is 1. The van der Waals surface area contributed by atoms with Gasteiger partial charge in [-0.2, -0.15) is 0 Å². The van der Waals surface area contributed by atoms with Crippen molar-refractivity contribution in [3.63, 3.8) is 0 Å². The van der Waals surface area contributed by atoms with E-state index in [0.717, 1.165) is 21.6 Å². The van der Waals surface area contributed by atoms with Gasteiger partial charge in [-0.05, 0) is 58.3 Å². The molecule has 5 nitrogen and oxygen atoms in total. The fourth-order valence-corrected chi connectivity index (χ4v) is 3.80. The average molecular weight is 449 g/mol. The van der Waals surface area contributed by atoms with Crippen LogP contribution in [-0.2, 0) is 9.59 Å². The van der Waals surface area contributed by atoms with Crippen molar-refractivity contribution in [2.75, 3.05) is 6.54 Å². The summed E-state index contributed by atoms with van der Waals surface area (Å²) in [4.78, 5) is 37.1. The molecule has 1 aliphatic rings. The van der Waals surface area contributed by atoms with Crippen LogP contribution in [0.1, 0.15) is 22.3 Å². The van der Waals surface area contributed by atoms with Gasteiger partial charge in [-0.3, -0.25) is 9.59 Å². The lowest BCUT2D eigenvalue weighted by Crippen LogP contribution is -2.48. The third kappa shape index (κ3) is 3.18. The van der Waals surface area contributed by atoms with Crippen LogP contribution in [0, 0.1) is 6.92 Å². The number of halogens is 1. The van der Waals surface area contributed by atoms with E-state index in [1.807, 2.05) is 43.3 Å². The molecule has 1 amide bonds. The lowest BCUT2D eigenvalue weighted by Gasteiger charge is -2.28. The van der Waals surface area contributed by atoms with Crippen LogP contribution in [-0.4, -0.2) is 37.8 Å². The van der Waals surface area contributed by atoms with Gasteiger partial charge < -0.3 is 10.0 Å². The van der Waals surface area contributed by atoms with Crippen LogP contribution in [0.5, 0.6) is 0 Å². The maximum atomic E-state index is 12.7. The number of likely N-dealkylation sites (tertiary alicyclic amines) is 1. The Hall–Kier alpha value is -2.22. The Morgan fingerprint density at radius 1 is 1.12 bits per heavy atom. The number of alkyl halides is 1. The topological polar surface area (TPSA) is 74.7 Å². The van der Waals surface area contributed by atoms with E-state index in [4.69, 9.17) is 0 Å². The molecule has 0 radical (unpaired) electrons. The first-order valence-electron chi connectivity index (χ1n) is 7.75. The highest BCUT2D eigenvalue weighted by molar-refractivity contribution is 14.1. The van der Waals surface area contributed by atoms with Crippen molar-refractivity contribution in [3.8, 4) is 11.1 Å². The van der Waals surface area contributed by atoms with Crippen molar-refractivity contribution in [3.05, 3.63) is 59.7 Å². The molecule has 2 aromatic rings. The van der Waals surface area contributed by atoms with Crippen LogP contribution in [0.15, 0.2) is 48.5 Å². The Morgan fingerprint density at radius 3 is 2.36 bits per heavy atom. The molecule has 2 aromatic carbocycles. The monoisotopic (exact) mass is 449 g/mol. The summed E-state index contributed by atoms with van der Waals surface area (Å²) >= 11 is 1.68. The second-order valence-electron chi connectivity index (χ2n) is 6.06. The summed E-state index contributed by atoms with van der Waals surface area (Å²) in [5.41, 5.74) is 3.55. The molecule has 1 atom stereocenters. The predicted octanol–water partition coefficient (Wildman–Crippen LogP) is 3.29. The van der Waals surface area contributed by atoms with Gasteiger partial charge in [0.05, 0.1) is 13.0 Å². The molecule has 1 N–H and O–H groups in total. The van der Waals surface area contributed by atoms with E-state index in [1.165, 1.54) is 0 Å². The second kappa shape index (κ2) is 6.59. The van der Waals surface area contributed by atoms with E-state index >= 15 is 0 Å². The van der Waals surface area contributed by atoms with Crippen molar-refractivity contribution in [2.24, 2.45) is 0 Å². The third-order valence-electron chi connectivity index (χ3n) is 4.35. The summed E-state index contributed by atoms with van der Waals surface area (Å²) in [6.07, 6.45) is -0.171. The number of carboxylic acid groups (broad SMARTS) is 1. The molecule has 0 aromatic heterocycles. The second-order valence-corrected chi connectivity index (χ2v) is 7.85. The number of hydrogen-bond acceptors (Lipinski definition) is 3. The van der Waals surface area contributed by atoms with Crippen molar-refractivity contribution < 1.29 is 19.5 Å². The zero-order chi connectivity index (χ0) is 18.2. The molecule has 6 heteroatoms. The molecule has 1 unspecified atom stereocenters. The average Bonchev–Trinajstić information content (AvgIpc) is 2.91. The molecular formula is C19H16INO4. The fourth-order valence-electron chi connectivity index (χ4n) is 2.98. The van der Waals surface area contributed by atoms with Gasteiger partial charge in [-0.15, -0.1) is 0 Å². The lowest BCUT2D eigenvalue weighted by molar-refractivity contribution is -0.142. The number of Topliss-reactive ketones (excluding diaryl/α,β-unsaturated/α-hetero) is 1. The van der Waals surface area contributed by atoms with Crippen LogP contribution < -0.4 is 0 Å². The highest BCUT2D eigenvalue weighted by Gasteiger charge is 2.51. The Morgan fingerprint density at radius 2 is 1.76 bits per heavy atom. The first kappa shape index (κ1) is 17.6. The van der Waals surface area contributed by atoms with Gasteiger partial charge >= 0.3 is 5.97 Å². The van der Waals surface area contributed by atoms with Crippen LogP contribution in [0.3, 0.4) is 0 Å². The zero-order valence-corrected chi connectivity index (χ0v) is 15.7. The molecular weight excluding hydrogens is 433 g/mol. The van der Waals surface area contributed by atoms with Crippen molar-refractivity contribution in [1.29, 1.82) is 0 Å². The minimum Gasteiger partial charge on any atom is -0.479 e. The maximum absolute atomic E-state index is 12.7. The number of hydrogen-bond donors (Lipinski definition) is 1. The SMILES string of the molecule is Cc1ccccc1-c1ccc(C(=O)N2CC(=O)CC2(I)C(=O)O)cc1. The van der Waals surface area contributed by atoms with Crippen LogP contribution in [0.4, 0.5) is 0 Å². The summed E-state index contributed by atoms with van der Waals surface area (Å²) in [5, 5.41) is 9.43. The molecule has 1 saturated heterocycles. The standard InChI is InChI=1S/C19H16INO4/c1-12-4-2-3-5-16(12)13-6-8-14(9-7-13)17(23)21-11-15(22)10-19(21,20)18(24)25/h2-9H,10-11H2,1H3,(H,24,25). The first-order valence-corrected chi connectivity index (χ1v) is 8.83. The van der Waals surface area contributed by atoms with Gasteiger partial charge in [0.25, 0.3) is 5.91 Å². The quantitative estimate of drug-likeness (QED) is 0.444. The Balaban J connectivity index is 1.90. The Bertz CT molecular complexity index is 862. The summed E-state index contributed by atoms with van der Waals surface area (Å²) in [6, 6.07) is 15.0. The summed E-state index contributed by atoms with van der Waals surface area (Å²) in [7, 11) is 0. The summed E-state index contributed by atoms with van der Waals surface area (Å²) in [6.45, 7) is 1.84. The molecule has 0 spiro atoms. The van der Waals surface area contributed by atoms with E-state index < -0.39 is 15.4 Å². The number of benzene rings is 2. The molecule has 25 heavy (non-hydrogen) atoms. The number of carbonyl (C=O) groups is 3. The van der Waals surface area contributed by atoms with Crippen molar-refractivity contribution in [1.82, 2.24) is 4.90 Å². The van der Waals surface area contributed by atoms with Crippen molar-refractivity contribution >= 4 is 40.3 Å². The number of amides is 1. The highest BCUT2D eigenvalue weighted by Crippen LogP contribution is 2.35. The number of carbonyl (C=O) groups excluding carboxylic acids is 2. The zero-order valence-electron chi connectivity index (χ0n) is 13.5. The number of rotatable bonds is 3. The highest BCUT2D eigenvalue weighted by atomic mass is 127. The smallest absolute Gasteiger partial charge is 0.340 e. The number of carboxylic acids is 1. The molecule has 1 fully saturated rings. The fraction of sp³-hybridized carbons (Fsp3) is 0.211. The number of aliphatic carboxylic acids is 1. The van der Waals surface area contributed by atoms with Gasteiger partial charge in [-0.25, -0.2) is 4.79 Å². The Labute approximate surface area is 158 Å². The van der Waals surface area contributed by atoms with E-state index in [-0.39, 0.29) is 18.7 Å². The largest absolute Gasteiger partial charge is 0.479 e. The Kier molecular flexibility index (Phi) is 4.64. The molecule has 1 aliphatic heterocycles. The number of ketones is 1. The minimum absolute atomic E-state index is 0.171. The first-order chi connectivity index (χ1) is 11.8. The van der Waals surface area contributed by atoms with Crippen LogP contribution in [0.25, 0.3) is 11.1 Å². The molecule has 128 valence electrons. The van der Waals surface area contributed by atoms with Crippen LogP contribution >= 0.6 is 22.6 Å². The maximum Gasteiger partial charge on any atom is 0.340 e.